The number of nitrogens with zero attached hydrogens (tertiary/aromatic N) is 5. The van der Waals surface area contributed by atoms with Gasteiger partial charge in [-0.3, -0.25) is 14.5 Å². The highest BCUT2D eigenvalue weighted by molar-refractivity contribution is 7.10. The minimum atomic E-state index is -0.844. The zero-order chi connectivity index (χ0) is 26.6. The summed E-state index contributed by atoms with van der Waals surface area (Å²) < 4.78 is 13.3. The Bertz CT molecular complexity index is 1410. The number of aromatic nitrogens is 4. The minimum Gasteiger partial charge on any atom is -0.351 e. The Kier molecular flexibility index (Phi) is 7.59. The molecule has 0 saturated heterocycles. The van der Waals surface area contributed by atoms with Crippen molar-refractivity contribution in [2.75, 3.05) is 4.90 Å². The standard InChI is InChI=1S/C28H29FN6O2S/c1-18-7-5-10-23(19(18)2)35(26(24-11-6-16-38-24)28(37)30-22-8-3-4-9-22)25(36)17-34-32-27(31-33-34)20-12-14-21(29)15-13-20/h5-7,10-16,22,26H,3-4,8-9,17H2,1-2H3,(H,30,37)/t26-/m1/s1. The van der Waals surface area contributed by atoms with E-state index in [1.165, 1.54) is 28.3 Å². The lowest BCUT2D eigenvalue weighted by Gasteiger charge is -2.32. The molecule has 196 valence electrons. The summed E-state index contributed by atoms with van der Waals surface area (Å²) in [7, 11) is 0. The number of amides is 2. The fraction of sp³-hybridized carbons (Fsp3) is 0.321. The first-order chi connectivity index (χ1) is 18.4. The first kappa shape index (κ1) is 25.7. The molecule has 2 aromatic heterocycles. The van der Waals surface area contributed by atoms with Crippen molar-refractivity contribution in [3.63, 3.8) is 0 Å². The first-order valence-electron chi connectivity index (χ1n) is 12.7. The maximum atomic E-state index is 14.0. The summed E-state index contributed by atoms with van der Waals surface area (Å²) in [6.45, 7) is 3.71. The van der Waals surface area contributed by atoms with Crippen LogP contribution in [0.15, 0.2) is 60.0 Å². The Morgan fingerprint density at radius 1 is 1.11 bits per heavy atom. The number of tetrazole rings is 1. The fourth-order valence-electron chi connectivity index (χ4n) is 4.81. The lowest BCUT2D eigenvalue weighted by Crippen LogP contribution is -2.47. The molecule has 0 unspecified atom stereocenters. The van der Waals surface area contributed by atoms with E-state index in [1.54, 1.807) is 17.0 Å². The number of rotatable bonds is 8. The third-order valence-electron chi connectivity index (χ3n) is 6.96. The highest BCUT2D eigenvalue weighted by Gasteiger charge is 2.36. The first-order valence-corrected chi connectivity index (χ1v) is 13.5. The van der Waals surface area contributed by atoms with Crippen LogP contribution >= 0.6 is 11.3 Å². The predicted molar refractivity (Wildman–Crippen MR) is 144 cm³/mol. The molecule has 2 amide bonds. The third kappa shape index (κ3) is 5.50. The van der Waals surface area contributed by atoms with Gasteiger partial charge < -0.3 is 5.32 Å². The number of hydrogen-bond acceptors (Lipinski definition) is 6. The van der Waals surface area contributed by atoms with E-state index in [0.29, 0.717) is 11.3 Å². The largest absolute Gasteiger partial charge is 0.351 e. The molecular weight excluding hydrogens is 503 g/mol. The van der Waals surface area contributed by atoms with E-state index < -0.39 is 6.04 Å². The van der Waals surface area contributed by atoms with Gasteiger partial charge in [-0.25, -0.2) is 4.39 Å². The normalized spacial score (nSPS) is 14.4. The topological polar surface area (TPSA) is 93.0 Å². The van der Waals surface area contributed by atoms with Gasteiger partial charge in [-0.05, 0) is 84.8 Å². The van der Waals surface area contributed by atoms with Crippen LogP contribution in [-0.4, -0.2) is 38.1 Å². The highest BCUT2D eigenvalue weighted by atomic mass is 32.1. The average Bonchev–Trinajstić information content (AvgIpc) is 3.69. The molecule has 10 heteroatoms. The van der Waals surface area contributed by atoms with Gasteiger partial charge in [0.2, 0.25) is 11.7 Å². The predicted octanol–water partition coefficient (Wildman–Crippen LogP) is 4.99. The van der Waals surface area contributed by atoms with Crippen LogP contribution in [0.5, 0.6) is 0 Å². The van der Waals surface area contributed by atoms with Gasteiger partial charge in [0.25, 0.3) is 5.91 Å². The van der Waals surface area contributed by atoms with Gasteiger partial charge in [0.05, 0.1) is 0 Å². The molecule has 1 saturated carbocycles. The number of carbonyl (C=O) groups excluding carboxylic acids is 2. The SMILES string of the molecule is Cc1cccc(N(C(=O)Cn2nnc(-c3ccc(F)cc3)n2)[C@@H](C(=O)NC2CCCC2)c2cccs2)c1C. The van der Waals surface area contributed by atoms with Crippen LogP contribution in [0.4, 0.5) is 10.1 Å². The summed E-state index contributed by atoms with van der Waals surface area (Å²) in [4.78, 5) is 31.4. The van der Waals surface area contributed by atoms with Gasteiger partial charge in [-0.15, -0.1) is 21.5 Å². The highest BCUT2D eigenvalue weighted by Crippen LogP contribution is 2.34. The molecule has 1 atom stereocenters. The van der Waals surface area contributed by atoms with Crippen LogP contribution < -0.4 is 10.2 Å². The van der Waals surface area contributed by atoms with Crippen molar-refractivity contribution >= 4 is 28.8 Å². The zero-order valence-electron chi connectivity index (χ0n) is 21.3. The molecule has 1 fully saturated rings. The Balaban J connectivity index is 1.50. The molecule has 0 radical (unpaired) electrons. The van der Waals surface area contributed by atoms with Gasteiger partial charge in [0.15, 0.2) is 0 Å². The van der Waals surface area contributed by atoms with Gasteiger partial charge in [-0.1, -0.05) is 31.0 Å². The Labute approximate surface area is 224 Å². The molecule has 1 aliphatic carbocycles. The average molecular weight is 533 g/mol. The van der Waals surface area contributed by atoms with E-state index in [0.717, 1.165) is 41.7 Å². The van der Waals surface area contributed by atoms with E-state index in [9.17, 15) is 14.0 Å². The van der Waals surface area contributed by atoms with Crippen LogP contribution in [0.1, 0.15) is 47.7 Å². The van der Waals surface area contributed by atoms with Gasteiger partial charge in [0, 0.05) is 22.2 Å². The van der Waals surface area contributed by atoms with Crippen LogP contribution in [-0.2, 0) is 16.1 Å². The second-order valence-corrected chi connectivity index (χ2v) is 10.5. The molecule has 4 aromatic rings. The molecule has 2 aromatic carbocycles. The van der Waals surface area contributed by atoms with E-state index in [1.807, 2.05) is 49.6 Å². The summed E-state index contributed by atoms with van der Waals surface area (Å²) in [5, 5.41) is 17.5. The van der Waals surface area contributed by atoms with Crippen LogP contribution in [0.3, 0.4) is 0 Å². The molecule has 1 N–H and O–H groups in total. The second-order valence-electron chi connectivity index (χ2n) is 9.54. The molecule has 0 bridgehead atoms. The summed E-state index contributed by atoms with van der Waals surface area (Å²) >= 11 is 1.44. The molecule has 8 nitrogen and oxygen atoms in total. The van der Waals surface area contributed by atoms with Crippen molar-refractivity contribution in [1.82, 2.24) is 25.5 Å². The molecule has 2 heterocycles. The second kappa shape index (κ2) is 11.2. The van der Waals surface area contributed by atoms with Gasteiger partial charge in [-0.2, -0.15) is 4.80 Å². The Morgan fingerprint density at radius 2 is 1.87 bits per heavy atom. The Hall–Kier alpha value is -3.92. The van der Waals surface area contributed by atoms with Crippen molar-refractivity contribution < 1.29 is 14.0 Å². The smallest absolute Gasteiger partial charge is 0.251 e. The summed E-state index contributed by atoms with van der Waals surface area (Å²) in [6, 6.07) is 14.5. The monoisotopic (exact) mass is 532 g/mol. The number of thiophene rings is 1. The zero-order valence-corrected chi connectivity index (χ0v) is 22.1. The molecule has 0 spiro atoms. The lowest BCUT2D eigenvalue weighted by molar-refractivity contribution is -0.127. The van der Waals surface area contributed by atoms with Crippen molar-refractivity contribution in [2.24, 2.45) is 0 Å². The number of halogens is 1. The van der Waals surface area contributed by atoms with Crippen molar-refractivity contribution in [2.45, 2.75) is 58.2 Å². The minimum absolute atomic E-state index is 0.107. The number of nitrogens with one attached hydrogen (secondary N) is 1. The van der Waals surface area contributed by atoms with Crippen molar-refractivity contribution in [1.29, 1.82) is 0 Å². The van der Waals surface area contributed by atoms with Crippen LogP contribution in [0.25, 0.3) is 11.4 Å². The fourth-order valence-corrected chi connectivity index (χ4v) is 5.62. The van der Waals surface area contributed by atoms with E-state index >= 15 is 0 Å². The number of benzene rings is 2. The lowest BCUT2D eigenvalue weighted by atomic mass is 10.0. The van der Waals surface area contributed by atoms with Gasteiger partial charge in [0.1, 0.15) is 18.4 Å². The Morgan fingerprint density at radius 3 is 2.58 bits per heavy atom. The quantitative estimate of drug-likeness (QED) is 0.345. The molecule has 1 aliphatic rings. The van der Waals surface area contributed by atoms with Crippen LogP contribution in [0.2, 0.25) is 0 Å². The number of anilines is 1. The summed E-state index contributed by atoms with van der Waals surface area (Å²) in [6.07, 6.45) is 4.05. The van der Waals surface area contributed by atoms with E-state index in [2.05, 4.69) is 20.7 Å². The molecule has 0 aliphatic heterocycles. The molecule has 5 rings (SSSR count). The van der Waals surface area contributed by atoms with E-state index in [-0.39, 0.29) is 36.0 Å². The van der Waals surface area contributed by atoms with E-state index in [4.69, 9.17) is 0 Å². The maximum Gasteiger partial charge on any atom is 0.251 e. The van der Waals surface area contributed by atoms with Crippen molar-refractivity contribution in [3.05, 3.63) is 81.8 Å². The number of aryl methyl sites for hydroxylation is 1. The number of carbonyl (C=O) groups is 2. The number of hydrogen-bond donors (Lipinski definition) is 1. The third-order valence-corrected chi connectivity index (χ3v) is 7.88. The molecule has 38 heavy (non-hydrogen) atoms. The summed E-state index contributed by atoms with van der Waals surface area (Å²) in [5.74, 6) is -0.630. The van der Waals surface area contributed by atoms with Crippen LogP contribution in [0, 0.1) is 19.7 Å². The summed E-state index contributed by atoms with van der Waals surface area (Å²) in [5.41, 5.74) is 3.17. The maximum absolute atomic E-state index is 14.0. The molecular formula is C28H29FN6O2S. The van der Waals surface area contributed by atoms with Crippen molar-refractivity contribution in [3.8, 4) is 11.4 Å². The van der Waals surface area contributed by atoms with Gasteiger partial charge >= 0.3 is 0 Å².